The molecule has 1 aromatic heterocycles. The van der Waals surface area contributed by atoms with Gasteiger partial charge in [0, 0.05) is 6.08 Å². The summed E-state index contributed by atoms with van der Waals surface area (Å²) in [4.78, 5) is 21.4. The molecule has 0 unspecified atom stereocenters. The van der Waals surface area contributed by atoms with Crippen molar-refractivity contribution in [2.24, 2.45) is 0 Å². The minimum absolute atomic E-state index is 0.0669. The number of furan rings is 1. The molecule has 1 aromatic carbocycles. The van der Waals surface area contributed by atoms with E-state index < -0.39 is 23.4 Å². The zero-order valence-corrected chi connectivity index (χ0v) is 13.4. The molecule has 0 spiro atoms. The molecular weight excluding hydrogens is 356 g/mol. The number of rotatable bonds is 8. The van der Waals surface area contributed by atoms with E-state index >= 15 is 0 Å². The highest BCUT2D eigenvalue weighted by Gasteiger charge is 2.12. The lowest BCUT2D eigenvalue weighted by atomic mass is 10.2. The van der Waals surface area contributed by atoms with Crippen molar-refractivity contribution in [1.82, 2.24) is 0 Å². The number of benzene rings is 1. The zero-order valence-electron chi connectivity index (χ0n) is 13.4. The Kier molecular flexibility index (Phi) is 6.25. The number of halogens is 2. The van der Waals surface area contributed by atoms with E-state index in [0.29, 0.717) is 5.56 Å². The molecule has 0 N–H and O–H groups in total. The molecule has 0 aliphatic heterocycles. The molecule has 0 bridgehead atoms. The molecule has 2 rings (SSSR count). The number of alkyl halides is 2. The van der Waals surface area contributed by atoms with Crippen LogP contribution < -0.4 is 9.47 Å². The monoisotopic (exact) mass is 369 g/mol. The van der Waals surface area contributed by atoms with Crippen LogP contribution in [-0.2, 0) is 16.1 Å². The van der Waals surface area contributed by atoms with Gasteiger partial charge < -0.3 is 18.6 Å². The molecule has 138 valence electrons. The summed E-state index contributed by atoms with van der Waals surface area (Å²) >= 11 is 0. The molecule has 0 saturated heterocycles. The highest BCUT2D eigenvalue weighted by atomic mass is 19.3. The number of esters is 1. The second-order valence-corrected chi connectivity index (χ2v) is 4.74. The van der Waals surface area contributed by atoms with Crippen molar-refractivity contribution < 1.29 is 37.1 Å². The van der Waals surface area contributed by atoms with Gasteiger partial charge in [0.05, 0.1) is 13.2 Å². The molecule has 8 nitrogen and oxygen atoms in total. The Morgan fingerprint density at radius 1 is 1.31 bits per heavy atom. The highest BCUT2D eigenvalue weighted by Crippen LogP contribution is 2.29. The summed E-state index contributed by atoms with van der Waals surface area (Å²) in [5, 5.41) is 10.5. The highest BCUT2D eigenvalue weighted by molar-refractivity contribution is 5.86. The predicted octanol–water partition coefficient (Wildman–Crippen LogP) is 3.55. The Labute approximate surface area is 145 Å². The lowest BCUT2D eigenvalue weighted by Crippen LogP contribution is -2.05. The van der Waals surface area contributed by atoms with Gasteiger partial charge >= 0.3 is 18.5 Å². The number of nitrogens with zero attached hydrogens (tertiary/aromatic N) is 1. The predicted molar refractivity (Wildman–Crippen MR) is 83.8 cm³/mol. The molecular formula is C16H13F2NO7. The van der Waals surface area contributed by atoms with Crippen LogP contribution in [-0.4, -0.2) is 24.6 Å². The number of hydrogen-bond donors (Lipinski definition) is 0. The summed E-state index contributed by atoms with van der Waals surface area (Å²) in [6.07, 6.45) is 2.25. The minimum Gasteiger partial charge on any atom is -0.493 e. The smallest absolute Gasteiger partial charge is 0.433 e. The van der Waals surface area contributed by atoms with E-state index in [4.69, 9.17) is 13.9 Å². The molecule has 0 aliphatic carbocycles. The van der Waals surface area contributed by atoms with Crippen molar-refractivity contribution in [1.29, 1.82) is 0 Å². The molecule has 0 amide bonds. The third-order valence-electron chi connectivity index (χ3n) is 3.00. The number of nitro groups is 1. The van der Waals surface area contributed by atoms with Crippen molar-refractivity contribution in [3.05, 3.63) is 57.8 Å². The molecule has 0 fully saturated rings. The van der Waals surface area contributed by atoms with Crippen LogP contribution in [0.3, 0.4) is 0 Å². The van der Waals surface area contributed by atoms with E-state index in [1.165, 1.54) is 37.5 Å². The maximum atomic E-state index is 12.3. The van der Waals surface area contributed by atoms with Crippen LogP contribution in [0.25, 0.3) is 6.08 Å². The summed E-state index contributed by atoms with van der Waals surface area (Å²) in [5.74, 6) is -1.13. The maximum absolute atomic E-state index is 12.3. The first-order valence-electron chi connectivity index (χ1n) is 7.10. The number of hydrogen-bond acceptors (Lipinski definition) is 7. The van der Waals surface area contributed by atoms with Gasteiger partial charge in [0.1, 0.15) is 17.3 Å². The van der Waals surface area contributed by atoms with Crippen LogP contribution in [0.15, 0.2) is 40.8 Å². The van der Waals surface area contributed by atoms with Crippen LogP contribution in [0.1, 0.15) is 11.3 Å². The first-order valence-corrected chi connectivity index (χ1v) is 7.10. The fourth-order valence-corrected chi connectivity index (χ4v) is 1.88. The molecule has 2 aromatic rings. The summed E-state index contributed by atoms with van der Waals surface area (Å²) in [5.41, 5.74) is 0.485. The van der Waals surface area contributed by atoms with Gasteiger partial charge in [0.25, 0.3) is 0 Å². The zero-order chi connectivity index (χ0) is 19.1. The van der Waals surface area contributed by atoms with Crippen LogP contribution in [0.4, 0.5) is 14.7 Å². The van der Waals surface area contributed by atoms with E-state index in [-0.39, 0.29) is 23.9 Å². The standard InChI is InChI=1S/C16H13F2NO7/c1-23-13-8-10(2-5-12(13)26-16(17)18)9-24-15(20)7-4-11-3-6-14(25-11)19(21)22/h2-8,16H,9H2,1H3/b7-4+. The molecule has 0 saturated carbocycles. The Morgan fingerprint density at radius 3 is 2.69 bits per heavy atom. The maximum Gasteiger partial charge on any atom is 0.433 e. The lowest BCUT2D eigenvalue weighted by molar-refractivity contribution is -0.402. The lowest BCUT2D eigenvalue weighted by Gasteiger charge is -2.11. The van der Waals surface area contributed by atoms with Gasteiger partial charge in [-0.2, -0.15) is 8.78 Å². The summed E-state index contributed by atoms with van der Waals surface area (Å²) in [6.45, 7) is -3.14. The van der Waals surface area contributed by atoms with Gasteiger partial charge in [-0.05, 0) is 29.8 Å². The van der Waals surface area contributed by atoms with Gasteiger partial charge in [-0.1, -0.05) is 6.07 Å². The Morgan fingerprint density at radius 2 is 2.08 bits per heavy atom. The molecule has 1 heterocycles. The topological polar surface area (TPSA) is 101 Å². The second-order valence-electron chi connectivity index (χ2n) is 4.74. The fraction of sp³-hybridized carbons (Fsp3) is 0.188. The van der Waals surface area contributed by atoms with E-state index in [0.717, 1.165) is 12.1 Å². The first-order chi connectivity index (χ1) is 12.4. The number of carbonyl (C=O) groups is 1. The van der Waals surface area contributed by atoms with Gasteiger partial charge in [-0.25, -0.2) is 4.79 Å². The fourth-order valence-electron chi connectivity index (χ4n) is 1.88. The third-order valence-corrected chi connectivity index (χ3v) is 3.00. The molecule has 0 aliphatic rings. The normalized spacial score (nSPS) is 10.9. The van der Waals surface area contributed by atoms with Gasteiger partial charge in [-0.15, -0.1) is 0 Å². The minimum atomic E-state index is -2.99. The molecule has 0 atom stereocenters. The van der Waals surface area contributed by atoms with E-state index in [1.807, 2.05) is 0 Å². The van der Waals surface area contributed by atoms with E-state index in [2.05, 4.69) is 4.74 Å². The van der Waals surface area contributed by atoms with Crippen molar-refractivity contribution in [2.75, 3.05) is 7.11 Å². The van der Waals surface area contributed by atoms with Gasteiger partial charge in [0.2, 0.25) is 0 Å². The number of methoxy groups -OCH3 is 1. The van der Waals surface area contributed by atoms with Crippen molar-refractivity contribution in [3.63, 3.8) is 0 Å². The number of ether oxygens (including phenoxy) is 3. The van der Waals surface area contributed by atoms with Crippen molar-refractivity contribution >= 4 is 17.9 Å². The first kappa shape index (κ1) is 18.9. The third kappa shape index (κ3) is 5.30. The largest absolute Gasteiger partial charge is 0.493 e. The average Bonchev–Trinajstić information content (AvgIpc) is 3.08. The van der Waals surface area contributed by atoms with Crippen LogP contribution >= 0.6 is 0 Å². The molecule has 0 radical (unpaired) electrons. The van der Waals surface area contributed by atoms with Crippen LogP contribution in [0, 0.1) is 10.1 Å². The number of carbonyl (C=O) groups excluding carboxylic acids is 1. The van der Waals surface area contributed by atoms with Gasteiger partial charge in [0.15, 0.2) is 11.5 Å². The van der Waals surface area contributed by atoms with Gasteiger partial charge in [-0.3, -0.25) is 10.1 Å². The second kappa shape index (κ2) is 8.60. The van der Waals surface area contributed by atoms with Crippen molar-refractivity contribution in [3.8, 4) is 11.5 Å². The molecule has 26 heavy (non-hydrogen) atoms. The van der Waals surface area contributed by atoms with Crippen molar-refractivity contribution in [2.45, 2.75) is 13.2 Å². The van der Waals surface area contributed by atoms with E-state index in [9.17, 15) is 23.7 Å². The van der Waals surface area contributed by atoms with Crippen LogP contribution in [0.2, 0.25) is 0 Å². The summed E-state index contributed by atoms with van der Waals surface area (Å²) < 4.78 is 43.6. The summed E-state index contributed by atoms with van der Waals surface area (Å²) in [7, 11) is 1.29. The van der Waals surface area contributed by atoms with Crippen LogP contribution in [0.5, 0.6) is 11.5 Å². The quantitative estimate of drug-likeness (QED) is 0.303. The Balaban J connectivity index is 1.93. The Hall–Kier alpha value is -3.43. The Bertz CT molecular complexity index is 817. The average molecular weight is 369 g/mol. The SMILES string of the molecule is COc1cc(COC(=O)/C=C/c2ccc([N+](=O)[O-])o2)ccc1OC(F)F. The molecule has 10 heteroatoms. The van der Waals surface area contributed by atoms with E-state index in [1.54, 1.807) is 0 Å². The summed E-state index contributed by atoms with van der Waals surface area (Å²) in [6, 6.07) is 6.58.